The molecule has 2 aromatic carbocycles. The number of nitrogens with two attached hydrogens (primary N) is 1. The van der Waals surface area contributed by atoms with Crippen molar-refractivity contribution in [3.8, 4) is 33.6 Å². The van der Waals surface area contributed by atoms with Crippen molar-refractivity contribution in [1.29, 1.82) is 0 Å². The van der Waals surface area contributed by atoms with Crippen molar-refractivity contribution in [2.75, 3.05) is 19.7 Å². The van der Waals surface area contributed by atoms with Crippen LogP contribution in [0.1, 0.15) is 70.2 Å². The van der Waals surface area contributed by atoms with Crippen molar-refractivity contribution < 1.29 is 24.3 Å². The van der Waals surface area contributed by atoms with E-state index in [-0.39, 0.29) is 36.4 Å². The molecule has 7 N–H and O–H groups in total. The highest BCUT2D eigenvalue weighted by atomic mass is 16.3. The van der Waals surface area contributed by atoms with Gasteiger partial charge in [0.25, 0.3) is 0 Å². The average molecular weight is 710 g/mol. The first-order valence-electron chi connectivity index (χ1n) is 17.9. The molecule has 0 spiro atoms. The van der Waals surface area contributed by atoms with Gasteiger partial charge in [0.1, 0.15) is 23.7 Å². The van der Waals surface area contributed by atoms with Crippen LogP contribution >= 0.6 is 0 Å². The van der Waals surface area contributed by atoms with Gasteiger partial charge in [0, 0.05) is 25.6 Å². The smallest absolute Gasteiger partial charge is 0.312 e. The number of urea groups is 1. The van der Waals surface area contributed by atoms with Crippen molar-refractivity contribution in [3.05, 3.63) is 72.6 Å². The molecule has 0 bridgehead atoms. The summed E-state index contributed by atoms with van der Waals surface area (Å²) < 4.78 is 0. The molecule has 14 nitrogen and oxygen atoms in total. The standard InChI is InChI=1S/C38H47N9O5/c1-22(2)32(42-21-49)36(50)46-16-4-6-30(46)34-40-18-28(43-34)26-12-8-24(9-13-26)25-10-14-27(15-11-25)29-19-41-35(44-29)31-7-5-17-47(31)37(51)33(23(3)20-48)45-38(39)52/h8-15,18-19,21-23,30-33,48H,4-7,16-17,20H2,1-3H3,(H,40,43)(H,41,44)(H,42,49)(H3,39,45,52)/t23-,30-,31-,32-,33-/m0/s1. The van der Waals surface area contributed by atoms with E-state index < -0.39 is 24.0 Å². The average Bonchev–Trinajstić information content (AvgIpc) is 3.98. The molecule has 14 heteroatoms. The fraction of sp³-hybridized carbons (Fsp3) is 0.421. The number of benzene rings is 2. The molecule has 4 aromatic rings. The molecule has 2 aliphatic heterocycles. The molecule has 0 saturated carbocycles. The third-order valence-corrected chi connectivity index (χ3v) is 10.2. The van der Waals surface area contributed by atoms with Gasteiger partial charge in [-0.1, -0.05) is 69.3 Å². The van der Waals surface area contributed by atoms with Gasteiger partial charge in [-0.3, -0.25) is 14.4 Å². The van der Waals surface area contributed by atoms with Crippen molar-refractivity contribution in [2.24, 2.45) is 17.6 Å². The Balaban J connectivity index is 1.11. The normalized spacial score (nSPS) is 19.0. The van der Waals surface area contributed by atoms with Crippen LogP contribution < -0.4 is 16.4 Å². The minimum atomic E-state index is -0.924. The summed E-state index contributed by atoms with van der Waals surface area (Å²) in [5.74, 6) is 0.507. The number of aromatic amines is 2. The number of nitrogens with one attached hydrogen (secondary N) is 4. The van der Waals surface area contributed by atoms with E-state index >= 15 is 0 Å². The molecule has 6 rings (SSSR count). The Bertz CT molecular complexity index is 1870. The zero-order valence-corrected chi connectivity index (χ0v) is 29.7. The molecule has 2 fully saturated rings. The van der Waals surface area contributed by atoms with E-state index in [1.165, 1.54) is 0 Å². The first-order valence-corrected chi connectivity index (χ1v) is 17.9. The molecule has 0 radical (unpaired) electrons. The Morgan fingerprint density at radius 2 is 1.25 bits per heavy atom. The molecule has 0 aliphatic carbocycles. The van der Waals surface area contributed by atoms with Crippen LogP contribution in [0.15, 0.2) is 60.9 Å². The van der Waals surface area contributed by atoms with Gasteiger partial charge in [-0.25, -0.2) is 14.8 Å². The Kier molecular flexibility index (Phi) is 11.0. The van der Waals surface area contributed by atoms with Crippen LogP contribution in [0.5, 0.6) is 0 Å². The number of nitrogens with zero attached hydrogens (tertiary/aromatic N) is 4. The predicted molar refractivity (Wildman–Crippen MR) is 195 cm³/mol. The number of aromatic nitrogens is 4. The van der Waals surface area contributed by atoms with Gasteiger partial charge in [0.05, 0.1) is 35.9 Å². The molecule has 4 heterocycles. The highest BCUT2D eigenvalue weighted by Crippen LogP contribution is 2.35. The van der Waals surface area contributed by atoms with Crippen LogP contribution in [0.4, 0.5) is 4.79 Å². The predicted octanol–water partition coefficient (Wildman–Crippen LogP) is 3.90. The number of carbonyl (C=O) groups excluding carboxylic acids is 4. The fourth-order valence-electron chi connectivity index (χ4n) is 7.30. The zero-order chi connectivity index (χ0) is 36.9. The molecular weight excluding hydrogens is 662 g/mol. The Morgan fingerprint density at radius 3 is 1.65 bits per heavy atom. The number of hydrogen-bond donors (Lipinski definition) is 6. The van der Waals surface area contributed by atoms with Crippen LogP contribution in [-0.2, 0) is 14.4 Å². The second-order valence-electron chi connectivity index (χ2n) is 14.1. The Morgan fingerprint density at radius 1 is 0.808 bits per heavy atom. The SMILES string of the molecule is CC(C)[C@H](NC=O)C(=O)N1CCC[C@H]1c1ncc(-c2ccc(-c3ccc(-c4cnc([C@@H]5CCCN5C(=O)[C@@H](NC(N)=O)[C@@H](C)CO)[nH]4)cc3)cc2)[nH]1. The van der Waals surface area contributed by atoms with Gasteiger partial charge in [-0.15, -0.1) is 0 Å². The molecule has 2 aromatic heterocycles. The summed E-state index contributed by atoms with van der Waals surface area (Å²) in [5.41, 5.74) is 11.0. The largest absolute Gasteiger partial charge is 0.396 e. The van der Waals surface area contributed by atoms with Gasteiger partial charge in [-0.2, -0.15) is 0 Å². The summed E-state index contributed by atoms with van der Waals surface area (Å²) in [6.45, 7) is 6.41. The maximum absolute atomic E-state index is 13.4. The van der Waals surface area contributed by atoms with Gasteiger partial charge in [-0.05, 0) is 53.9 Å². The van der Waals surface area contributed by atoms with Gasteiger partial charge >= 0.3 is 6.03 Å². The van der Waals surface area contributed by atoms with E-state index in [0.29, 0.717) is 25.3 Å². The van der Waals surface area contributed by atoms with E-state index in [2.05, 4.69) is 54.8 Å². The van der Waals surface area contributed by atoms with Crippen LogP contribution in [0.2, 0.25) is 0 Å². The number of imidazole rings is 2. The second-order valence-corrected chi connectivity index (χ2v) is 14.1. The maximum Gasteiger partial charge on any atom is 0.312 e. The highest BCUT2D eigenvalue weighted by Gasteiger charge is 2.38. The molecule has 2 aliphatic rings. The van der Waals surface area contributed by atoms with E-state index in [0.717, 1.165) is 65.1 Å². The lowest BCUT2D eigenvalue weighted by Gasteiger charge is -2.30. The lowest BCUT2D eigenvalue weighted by Crippen LogP contribution is -2.53. The minimum absolute atomic E-state index is 0.0257. The Labute approximate surface area is 302 Å². The van der Waals surface area contributed by atoms with E-state index in [9.17, 15) is 24.3 Å². The highest BCUT2D eigenvalue weighted by molar-refractivity contribution is 5.87. The van der Waals surface area contributed by atoms with Gasteiger partial charge < -0.3 is 41.2 Å². The number of amides is 5. The van der Waals surface area contributed by atoms with Crippen molar-refractivity contribution in [2.45, 2.75) is 70.6 Å². The maximum atomic E-state index is 13.4. The summed E-state index contributed by atoms with van der Waals surface area (Å²) in [7, 11) is 0. The lowest BCUT2D eigenvalue weighted by molar-refractivity contribution is -0.137. The quantitative estimate of drug-likeness (QED) is 0.113. The Hall–Kier alpha value is -5.50. The number of H-pyrrole nitrogens is 2. The molecule has 52 heavy (non-hydrogen) atoms. The number of likely N-dealkylation sites (tertiary alicyclic amines) is 2. The van der Waals surface area contributed by atoms with Crippen LogP contribution in [0.3, 0.4) is 0 Å². The van der Waals surface area contributed by atoms with Crippen LogP contribution in [0, 0.1) is 11.8 Å². The topological polar surface area (TPSA) is 202 Å². The third kappa shape index (κ3) is 7.57. The number of aliphatic hydroxyl groups excluding tert-OH is 1. The number of aliphatic hydroxyl groups is 1. The van der Waals surface area contributed by atoms with E-state index in [1.54, 1.807) is 24.2 Å². The fourth-order valence-corrected chi connectivity index (χ4v) is 7.30. The van der Waals surface area contributed by atoms with E-state index in [1.807, 2.05) is 43.0 Å². The molecule has 0 unspecified atom stereocenters. The summed E-state index contributed by atoms with van der Waals surface area (Å²) in [6, 6.07) is 13.6. The molecule has 5 amide bonds. The van der Waals surface area contributed by atoms with Crippen molar-refractivity contribution in [1.82, 2.24) is 40.4 Å². The van der Waals surface area contributed by atoms with Gasteiger partial charge in [0.2, 0.25) is 18.2 Å². The minimum Gasteiger partial charge on any atom is -0.396 e. The zero-order valence-electron chi connectivity index (χ0n) is 29.7. The molecular formula is C38H47N9O5. The number of carbonyl (C=O) groups is 4. The molecule has 274 valence electrons. The number of rotatable bonds is 13. The third-order valence-electron chi connectivity index (χ3n) is 10.2. The number of hydrogen-bond acceptors (Lipinski definition) is 7. The summed E-state index contributed by atoms with van der Waals surface area (Å²) in [5, 5.41) is 14.8. The van der Waals surface area contributed by atoms with Crippen molar-refractivity contribution in [3.63, 3.8) is 0 Å². The molecule has 5 atom stereocenters. The first kappa shape index (κ1) is 36.3. The monoisotopic (exact) mass is 709 g/mol. The van der Waals surface area contributed by atoms with Crippen molar-refractivity contribution >= 4 is 24.3 Å². The summed E-state index contributed by atoms with van der Waals surface area (Å²) in [6.07, 6.45) is 7.35. The second kappa shape index (κ2) is 15.8. The van der Waals surface area contributed by atoms with E-state index in [4.69, 9.17) is 5.73 Å². The van der Waals surface area contributed by atoms with Crippen LogP contribution in [0.25, 0.3) is 33.6 Å². The summed E-state index contributed by atoms with van der Waals surface area (Å²) >= 11 is 0. The summed E-state index contributed by atoms with van der Waals surface area (Å²) in [4.78, 5) is 69.1. The number of primary amides is 1. The lowest BCUT2D eigenvalue weighted by atomic mass is 10.0. The first-order chi connectivity index (χ1) is 25.1. The van der Waals surface area contributed by atoms with Gasteiger partial charge in [0.15, 0.2) is 0 Å². The van der Waals surface area contributed by atoms with Crippen LogP contribution in [-0.4, -0.2) is 90.9 Å². The molecule has 2 saturated heterocycles.